The van der Waals surface area contributed by atoms with Crippen molar-refractivity contribution in [2.24, 2.45) is 0 Å². The highest BCUT2D eigenvalue weighted by Crippen LogP contribution is 2.24. The number of aryl methyl sites for hydroxylation is 1. The van der Waals surface area contributed by atoms with Crippen molar-refractivity contribution in [1.29, 1.82) is 0 Å². The van der Waals surface area contributed by atoms with Crippen LogP contribution in [0.25, 0.3) is 0 Å². The number of rotatable bonds is 3. The number of nitrogens with two attached hydrogens (primary N) is 1. The molecule has 0 atom stereocenters. The molecule has 0 saturated heterocycles. The van der Waals surface area contributed by atoms with Gasteiger partial charge < -0.3 is 10.5 Å². The summed E-state index contributed by atoms with van der Waals surface area (Å²) in [5.74, 6) is -0.212. The molecule has 0 saturated carbocycles. The molecule has 3 nitrogen and oxygen atoms in total. The molecule has 0 aliphatic heterocycles. The third-order valence-corrected chi connectivity index (χ3v) is 3.43. The van der Waals surface area contributed by atoms with E-state index >= 15 is 0 Å². The summed E-state index contributed by atoms with van der Waals surface area (Å²) in [7, 11) is 0. The van der Waals surface area contributed by atoms with E-state index in [2.05, 4.69) is 20.9 Å². The summed E-state index contributed by atoms with van der Waals surface area (Å²) in [4.78, 5) is 4.27. The molecule has 5 heteroatoms. The van der Waals surface area contributed by atoms with Crippen molar-refractivity contribution in [3.05, 3.63) is 51.5 Å². The first kappa shape index (κ1) is 13.8. The molecule has 1 aromatic carbocycles. The lowest BCUT2D eigenvalue weighted by Crippen LogP contribution is -2.05. The topological polar surface area (TPSA) is 48.1 Å². The highest BCUT2D eigenvalue weighted by Gasteiger charge is 2.09. The second kappa shape index (κ2) is 5.57. The van der Waals surface area contributed by atoms with Crippen molar-refractivity contribution in [1.82, 2.24) is 4.98 Å². The Hall–Kier alpha value is -1.62. The first-order chi connectivity index (χ1) is 8.99. The van der Waals surface area contributed by atoms with E-state index in [1.165, 1.54) is 6.07 Å². The first-order valence-electron chi connectivity index (χ1n) is 5.77. The zero-order chi connectivity index (χ0) is 14.0. The summed E-state index contributed by atoms with van der Waals surface area (Å²) in [6.45, 7) is 3.96. The fourth-order valence-corrected chi connectivity index (χ4v) is 2.01. The van der Waals surface area contributed by atoms with Crippen molar-refractivity contribution in [2.45, 2.75) is 20.5 Å². The van der Waals surface area contributed by atoms with E-state index in [0.717, 1.165) is 15.6 Å². The van der Waals surface area contributed by atoms with Crippen LogP contribution in [0.5, 0.6) is 5.75 Å². The SMILES string of the molecule is Cc1cnc(COc2cc(Br)ccc2F)c(C)c1N. The smallest absolute Gasteiger partial charge is 0.165 e. The van der Waals surface area contributed by atoms with Crippen LogP contribution >= 0.6 is 15.9 Å². The van der Waals surface area contributed by atoms with Gasteiger partial charge in [0, 0.05) is 16.4 Å². The number of hydrogen-bond donors (Lipinski definition) is 1. The van der Waals surface area contributed by atoms with Crippen LogP contribution in [0.2, 0.25) is 0 Å². The Kier molecular flexibility index (Phi) is 4.04. The van der Waals surface area contributed by atoms with Gasteiger partial charge >= 0.3 is 0 Å². The number of ether oxygens (including phenoxy) is 1. The van der Waals surface area contributed by atoms with Gasteiger partial charge in [-0.25, -0.2) is 4.39 Å². The molecule has 0 aliphatic carbocycles. The molecule has 0 spiro atoms. The van der Waals surface area contributed by atoms with Gasteiger partial charge in [-0.05, 0) is 43.2 Å². The maximum Gasteiger partial charge on any atom is 0.165 e. The lowest BCUT2D eigenvalue weighted by atomic mass is 10.1. The molecule has 1 heterocycles. The lowest BCUT2D eigenvalue weighted by molar-refractivity contribution is 0.285. The summed E-state index contributed by atoms with van der Waals surface area (Å²) in [6, 6.07) is 4.56. The number of halogens is 2. The predicted octanol–water partition coefficient (Wildman–Crippen LogP) is 3.76. The molecule has 0 unspecified atom stereocenters. The molecule has 0 amide bonds. The Balaban J connectivity index is 2.19. The molecule has 2 rings (SSSR count). The number of nitrogens with zero attached hydrogens (tertiary/aromatic N) is 1. The zero-order valence-electron chi connectivity index (χ0n) is 10.7. The van der Waals surface area contributed by atoms with E-state index in [-0.39, 0.29) is 12.4 Å². The molecule has 2 aromatic rings. The van der Waals surface area contributed by atoms with E-state index in [0.29, 0.717) is 11.4 Å². The van der Waals surface area contributed by atoms with Crippen LogP contribution in [-0.2, 0) is 6.61 Å². The molecule has 0 bridgehead atoms. The van der Waals surface area contributed by atoms with Crippen LogP contribution in [0.1, 0.15) is 16.8 Å². The molecule has 2 N–H and O–H groups in total. The quantitative estimate of drug-likeness (QED) is 0.935. The van der Waals surface area contributed by atoms with Crippen LogP contribution in [0.3, 0.4) is 0 Å². The van der Waals surface area contributed by atoms with Crippen LogP contribution in [0.4, 0.5) is 10.1 Å². The number of nitrogen functional groups attached to an aromatic ring is 1. The Morgan fingerprint density at radius 1 is 1.37 bits per heavy atom. The molecule has 1 aromatic heterocycles. The number of benzene rings is 1. The standard InChI is InChI=1S/C14H14BrFN2O/c1-8-6-18-12(9(2)14(8)17)7-19-13-5-10(15)3-4-11(13)16/h3-6H,7H2,1-2H3,(H2,17,18). The third-order valence-electron chi connectivity index (χ3n) is 2.93. The van der Waals surface area contributed by atoms with Gasteiger partial charge in [-0.3, -0.25) is 4.98 Å². The van der Waals surface area contributed by atoms with Crippen molar-refractivity contribution in [3.63, 3.8) is 0 Å². The number of pyridine rings is 1. The second-order valence-electron chi connectivity index (χ2n) is 4.29. The van der Waals surface area contributed by atoms with Crippen molar-refractivity contribution in [3.8, 4) is 5.75 Å². The van der Waals surface area contributed by atoms with Crippen LogP contribution in [0.15, 0.2) is 28.9 Å². The zero-order valence-corrected chi connectivity index (χ0v) is 12.3. The maximum absolute atomic E-state index is 13.5. The third kappa shape index (κ3) is 3.04. The monoisotopic (exact) mass is 324 g/mol. The molecule has 0 aliphatic rings. The number of aromatic nitrogens is 1. The van der Waals surface area contributed by atoms with E-state index in [4.69, 9.17) is 10.5 Å². The van der Waals surface area contributed by atoms with Gasteiger partial charge in [0.05, 0.1) is 5.69 Å². The summed E-state index contributed by atoms with van der Waals surface area (Å²) in [5.41, 5.74) is 9.13. The molecule has 0 radical (unpaired) electrons. The molecular weight excluding hydrogens is 311 g/mol. The predicted molar refractivity (Wildman–Crippen MR) is 76.6 cm³/mol. The molecule has 19 heavy (non-hydrogen) atoms. The summed E-state index contributed by atoms with van der Waals surface area (Å²) in [6.07, 6.45) is 1.69. The van der Waals surface area contributed by atoms with Crippen molar-refractivity contribution in [2.75, 3.05) is 5.73 Å². The van der Waals surface area contributed by atoms with Crippen LogP contribution < -0.4 is 10.5 Å². The minimum atomic E-state index is -0.402. The van der Waals surface area contributed by atoms with Crippen molar-refractivity contribution >= 4 is 21.6 Å². The van der Waals surface area contributed by atoms with Crippen LogP contribution in [0, 0.1) is 19.7 Å². The van der Waals surface area contributed by atoms with Gasteiger partial charge in [0.15, 0.2) is 11.6 Å². The Bertz CT molecular complexity index is 617. The van der Waals surface area contributed by atoms with Crippen LogP contribution in [-0.4, -0.2) is 4.98 Å². The minimum Gasteiger partial charge on any atom is -0.484 e. The average molecular weight is 325 g/mol. The highest BCUT2D eigenvalue weighted by molar-refractivity contribution is 9.10. The largest absolute Gasteiger partial charge is 0.484 e. The van der Waals surface area contributed by atoms with E-state index in [1.54, 1.807) is 18.3 Å². The van der Waals surface area contributed by atoms with Gasteiger partial charge in [0.1, 0.15) is 6.61 Å². The Morgan fingerprint density at radius 2 is 2.11 bits per heavy atom. The number of anilines is 1. The van der Waals surface area contributed by atoms with Crippen molar-refractivity contribution < 1.29 is 9.13 Å². The van der Waals surface area contributed by atoms with Gasteiger partial charge in [-0.2, -0.15) is 0 Å². The number of hydrogen-bond acceptors (Lipinski definition) is 3. The Morgan fingerprint density at radius 3 is 2.84 bits per heavy atom. The minimum absolute atomic E-state index is 0.184. The van der Waals surface area contributed by atoms with Gasteiger partial charge in [-0.1, -0.05) is 15.9 Å². The van der Waals surface area contributed by atoms with E-state index in [9.17, 15) is 4.39 Å². The van der Waals surface area contributed by atoms with Gasteiger partial charge in [-0.15, -0.1) is 0 Å². The summed E-state index contributed by atoms with van der Waals surface area (Å²) < 4.78 is 19.7. The normalized spacial score (nSPS) is 10.5. The fraction of sp³-hybridized carbons (Fsp3) is 0.214. The van der Waals surface area contributed by atoms with E-state index in [1.807, 2.05) is 13.8 Å². The molecule has 0 fully saturated rings. The van der Waals surface area contributed by atoms with Gasteiger partial charge in [0.2, 0.25) is 0 Å². The lowest BCUT2D eigenvalue weighted by Gasteiger charge is -2.11. The van der Waals surface area contributed by atoms with E-state index < -0.39 is 5.82 Å². The second-order valence-corrected chi connectivity index (χ2v) is 5.21. The highest BCUT2D eigenvalue weighted by atomic mass is 79.9. The maximum atomic E-state index is 13.5. The summed E-state index contributed by atoms with van der Waals surface area (Å²) in [5, 5.41) is 0. The molecule has 100 valence electrons. The summed E-state index contributed by atoms with van der Waals surface area (Å²) >= 11 is 3.28. The fourth-order valence-electron chi connectivity index (χ4n) is 1.67. The average Bonchev–Trinajstić information content (AvgIpc) is 2.39. The van der Waals surface area contributed by atoms with Gasteiger partial charge in [0.25, 0.3) is 0 Å². The first-order valence-corrected chi connectivity index (χ1v) is 6.56. The molecular formula is C14H14BrFN2O. The Labute approximate surface area is 119 Å².